The standard InChI is InChI=1S/C19H26N4O3S2/c24-19(20-6-5-14-12-21-17-4-2-1-3-16(14)17)18-11-15(13-22-18)28(25,26)23-7-9-27-10-8-23/h1-4,12,15,18,21-22H,5-11,13H2,(H,20,24). The Labute approximate surface area is 169 Å². The Kier molecular flexibility index (Phi) is 5.96. The summed E-state index contributed by atoms with van der Waals surface area (Å²) in [5.74, 6) is 1.57. The van der Waals surface area contributed by atoms with Gasteiger partial charge in [-0.3, -0.25) is 4.79 Å². The third-order valence-corrected chi connectivity index (χ3v) is 8.76. The fraction of sp³-hybridized carbons (Fsp3) is 0.526. The molecule has 2 aromatic rings. The van der Waals surface area contributed by atoms with Crippen molar-refractivity contribution >= 4 is 38.6 Å². The molecule has 0 bridgehead atoms. The van der Waals surface area contributed by atoms with Crippen LogP contribution in [0.15, 0.2) is 30.5 Å². The molecule has 3 N–H and O–H groups in total. The van der Waals surface area contributed by atoms with Gasteiger partial charge < -0.3 is 15.6 Å². The number of H-pyrrole nitrogens is 1. The van der Waals surface area contributed by atoms with E-state index in [0.29, 0.717) is 32.6 Å². The van der Waals surface area contributed by atoms with Crippen LogP contribution in [0.5, 0.6) is 0 Å². The van der Waals surface area contributed by atoms with Gasteiger partial charge >= 0.3 is 0 Å². The minimum Gasteiger partial charge on any atom is -0.361 e. The predicted molar refractivity (Wildman–Crippen MR) is 113 cm³/mol. The topological polar surface area (TPSA) is 94.3 Å². The van der Waals surface area contributed by atoms with E-state index in [1.807, 2.05) is 24.4 Å². The third-order valence-electron chi connectivity index (χ3n) is 5.53. The normalized spacial score (nSPS) is 23.9. The largest absolute Gasteiger partial charge is 0.361 e. The second-order valence-corrected chi connectivity index (χ2v) is 10.7. The highest BCUT2D eigenvalue weighted by Gasteiger charge is 2.40. The summed E-state index contributed by atoms with van der Waals surface area (Å²) >= 11 is 1.78. The van der Waals surface area contributed by atoms with Crippen molar-refractivity contribution in [1.29, 1.82) is 0 Å². The molecule has 2 atom stereocenters. The average Bonchev–Trinajstić information content (AvgIpc) is 3.37. The lowest BCUT2D eigenvalue weighted by Gasteiger charge is -2.28. The van der Waals surface area contributed by atoms with Crippen molar-refractivity contribution in [3.63, 3.8) is 0 Å². The molecule has 1 amide bonds. The summed E-state index contributed by atoms with van der Waals surface area (Å²) in [6.45, 7) is 2.02. The maximum absolute atomic E-state index is 12.8. The molecule has 0 radical (unpaired) electrons. The van der Waals surface area contributed by atoms with Crippen LogP contribution in [0.1, 0.15) is 12.0 Å². The minimum atomic E-state index is -3.34. The molecule has 0 aliphatic carbocycles. The Bertz CT molecular complexity index is 938. The van der Waals surface area contributed by atoms with Crippen LogP contribution in [0.3, 0.4) is 0 Å². The number of para-hydroxylation sites is 1. The number of carbonyl (C=O) groups is 1. The van der Waals surface area contributed by atoms with Gasteiger partial charge in [0.2, 0.25) is 15.9 Å². The summed E-state index contributed by atoms with van der Waals surface area (Å²) in [5.41, 5.74) is 2.25. The van der Waals surface area contributed by atoms with E-state index < -0.39 is 21.3 Å². The lowest BCUT2D eigenvalue weighted by atomic mass is 10.1. The summed E-state index contributed by atoms with van der Waals surface area (Å²) in [6, 6.07) is 7.64. The number of amides is 1. The van der Waals surface area contributed by atoms with Crippen molar-refractivity contribution in [2.45, 2.75) is 24.1 Å². The van der Waals surface area contributed by atoms with Crippen molar-refractivity contribution in [3.05, 3.63) is 36.0 Å². The molecule has 4 rings (SSSR count). The zero-order valence-corrected chi connectivity index (χ0v) is 17.3. The van der Waals surface area contributed by atoms with Gasteiger partial charge in [0.15, 0.2) is 0 Å². The first kappa shape index (κ1) is 19.8. The van der Waals surface area contributed by atoms with Gasteiger partial charge in [-0.1, -0.05) is 18.2 Å². The molecule has 1 aromatic carbocycles. The van der Waals surface area contributed by atoms with Crippen LogP contribution in [-0.4, -0.2) is 72.6 Å². The van der Waals surface area contributed by atoms with Gasteiger partial charge in [0.25, 0.3) is 0 Å². The molecular weight excluding hydrogens is 396 g/mol. The Morgan fingerprint density at radius 3 is 2.86 bits per heavy atom. The number of hydrogen-bond acceptors (Lipinski definition) is 5. The Hall–Kier alpha value is -1.55. The van der Waals surface area contributed by atoms with Gasteiger partial charge in [-0.2, -0.15) is 16.1 Å². The van der Waals surface area contributed by atoms with Crippen molar-refractivity contribution < 1.29 is 13.2 Å². The van der Waals surface area contributed by atoms with Crippen molar-refractivity contribution in [2.24, 2.45) is 0 Å². The number of nitrogens with one attached hydrogen (secondary N) is 3. The number of carbonyl (C=O) groups excluding carboxylic acids is 1. The van der Waals surface area contributed by atoms with Crippen LogP contribution in [0, 0.1) is 0 Å². The highest BCUT2D eigenvalue weighted by atomic mass is 32.2. The summed E-state index contributed by atoms with van der Waals surface area (Å²) in [7, 11) is -3.34. The minimum absolute atomic E-state index is 0.119. The molecule has 0 saturated carbocycles. The molecule has 0 spiro atoms. The smallest absolute Gasteiger partial charge is 0.237 e. The number of rotatable bonds is 6. The number of thioether (sulfide) groups is 1. The van der Waals surface area contributed by atoms with Crippen molar-refractivity contribution in [3.8, 4) is 0 Å². The zero-order chi connectivity index (χ0) is 19.6. The third kappa shape index (κ3) is 4.07. The van der Waals surface area contributed by atoms with E-state index >= 15 is 0 Å². The maximum atomic E-state index is 12.8. The van der Waals surface area contributed by atoms with E-state index in [2.05, 4.69) is 21.7 Å². The van der Waals surface area contributed by atoms with Gasteiger partial charge in [0.1, 0.15) is 0 Å². The van der Waals surface area contributed by atoms with Gasteiger partial charge in [-0.15, -0.1) is 0 Å². The van der Waals surface area contributed by atoms with Crippen LogP contribution in [-0.2, 0) is 21.2 Å². The summed E-state index contributed by atoms with van der Waals surface area (Å²) < 4.78 is 27.2. The van der Waals surface area contributed by atoms with Gasteiger partial charge in [0, 0.05) is 54.8 Å². The van der Waals surface area contributed by atoms with Crippen LogP contribution >= 0.6 is 11.8 Å². The van der Waals surface area contributed by atoms with E-state index in [0.717, 1.165) is 23.4 Å². The number of aromatic amines is 1. The highest BCUT2D eigenvalue weighted by molar-refractivity contribution is 7.99. The summed E-state index contributed by atoms with van der Waals surface area (Å²) in [5, 5.41) is 6.70. The van der Waals surface area contributed by atoms with E-state index in [1.165, 1.54) is 10.9 Å². The number of sulfonamides is 1. The molecule has 28 heavy (non-hydrogen) atoms. The Morgan fingerprint density at radius 1 is 1.25 bits per heavy atom. The molecule has 1 aromatic heterocycles. The second kappa shape index (κ2) is 8.44. The molecule has 152 valence electrons. The quantitative estimate of drug-likeness (QED) is 0.644. The SMILES string of the molecule is O=C(NCCc1c[nH]c2ccccc12)C1CC(S(=O)(=O)N2CCSCC2)CN1. The molecule has 2 unspecified atom stereocenters. The van der Waals surface area contributed by atoms with Crippen molar-refractivity contribution in [1.82, 2.24) is 19.9 Å². The lowest BCUT2D eigenvalue weighted by Crippen LogP contribution is -2.44. The number of benzene rings is 1. The monoisotopic (exact) mass is 422 g/mol. The zero-order valence-electron chi connectivity index (χ0n) is 15.7. The Morgan fingerprint density at radius 2 is 2.04 bits per heavy atom. The molecule has 2 saturated heterocycles. The molecule has 2 aliphatic rings. The first-order valence-electron chi connectivity index (χ1n) is 9.68. The van der Waals surface area contributed by atoms with E-state index in [-0.39, 0.29) is 5.91 Å². The number of aromatic nitrogens is 1. The molecule has 2 fully saturated rings. The van der Waals surface area contributed by atoms with Crippen LogP contribution in [0.25, 0.3) is 10.9 Å². The first-order chi connectivity index (χ1) is 13.6. The summed E-state index contributed by atoms with van der Waals surface area (Å²) in [4.78, 5) is 15.7. The fourth-order valence-electron chi connectivity index (χ4n) is 3.92. The average molecular weight is 423 g/mol. The van der Waals surface area contributed by atoms with Crippen LogP contribution < -0.4 is 10.6 Å². The number of nitrogens with zero attached hydrogens (tertiary/aromatic N) is 1. The lowest BCUT2D eigenvalue weighted by molar-refractivity contribution is -0.122. The maximum Gasteiger partial charge on any atom is 0.237 e. The van der Waals surface area contributed by atoms with Gasteiger partial charge in [0.05, 0.1) is 11.3 Å². The molecule has 3 heterocycles. The van der Waals surface area contributed by atoms with Crippen molar-refractivity contribution in [2.75, 3.05) is 37.7 Å². The number of hydrogen-bond donors (Lipinski definition) is 3. The second-order valence-electron chi connectivity index (χ2n) is 7.28. The van der Waals surface area contributed by atoms with E-state index in [4.69, 9.17) is 0 Å². The van der Waals surface area contributed by atoms with Gasteiger partial charge in [-0.05, 0) is 24.5 Å². The Balaban J connectivity index is 1.29. The van der Waals surface area contributed by atoms with Crippen LogP contribution in [0.4, 0.5) is 0 Å². The molecule has 2 aliphatic heterocycles. The molecular formula is C19H26N4O3S2. The fourth-order valence-corrected chi connectivity index (χ4v) is 6.91. The van der Waals surface area contributed by atoms with E-state index in [1.54, 1.807) is 16.1 Å². The van der Waals surface area contributed by atoms with Crippen LogP contribution in [0.2, 0.25) is 0 Å². The van der Waals surface area contributed by atoms with Gasteiger partial charge in [-0.25, -0.2) is 8.42 Å². The molecule has 7 nitrogen and oxygen atoms in total. The number of fused-ring (bicyclic) bond motifs is 1. The van der Waals surface area contributed by atoms with E-state index in [9.17, 15) is 13.2 Å². The first-order valence-corrected chi connectivity index (χ1v) is 12.3. The summed E-state index contributed by atoms with van der Waals surface area (Å²) in [6.07, 6.45) is 3.05. The highest BCUT2D eigenvalue weighted by Crippen LogP contribution is 2.22. The molecule has 9 heteroatoms. The predicted octanol–water partition coefficient (Wildman–Crippen LogP) is 0.936.